The Kier molecular flexibility index (Phi) is 6.05. The second-order valence-electron chi connectivity index (χ2n) is 9.91. The minimum atomic E-state index is -1.03. The third kappa shape index (κ3) is 4.59. The highest BCUT2D eigenvalue weighted by atomic mass is 16.5. The number of likely N-dealkylation sites (tertiary alicyclic amines) is 2. The molecule has 0 radical (unpaired) electrons. The monoisotopic (exact) mass is 454 g/mol. The number of nitrogens with zero attached hydrogens (tertiary/aromatic N) is 3. The standard InChI is InChI=1S/C24H30N4O5/c29-22-3-1-2-20-19-10-16(13-28(20)22)12-26(14-19)8-5-18-15-27(9-6-17(18)11-23(30)31)24(32)21-4-7-25-33-21/h1-4,7,16-19H,5-6,8-15H2,(H,30,31)/t16-,17-,18-,19+/m0/s1. The molecule has 1 amide bonds. The van der Waals surface area contributed by atoms with Gasteiger partial charge in [-0.3, -0.25) is 9.59 Å². The summed E-state index contributed by atoms with van der Waals surface area (Å²) in [7, 11) is 0. The number of aliphatic carboxylic acids is 1. The van der Waals surface area contributed by atoms with Gasteiger partial charge in [-0.05, 0) is 37.2 Å². The molecule has 0 saturated carbocycles. The van der Waals surface area contributed by atoms with Crippen molar-refractivity contribution in [1.82, 2.24) is 14.6 Å². The average molecular weight is 455 g/mol. The van der Waals surface area contributed by atoms with Gasteiger partial charge in [0.05, 0.1) is 25.8 Å². The van der Waals surface area contributed by atoms with Crippen molar-refractivity contribution >= 4 is 11.9 Å². The van der Waals surface area contributed by atoms with Crippen molar-refractivity contribution in [2.75, 3.05) is 32.7 Å². The van der Waals surface area contributed by atoms with Gasteiger partial charge in [-0.15, -0.1) is 0 Å². The van der Waals surface area contributed by atoms with Crippen LogP contribution in [0.25, 0.3) is 0 Å². The van der Waals surface area contributed by atoms with Crippen molar-refractivity contribution in [3.8, 4) is 0 Å². The van der Waals surface area contributed by atoms with Gasteiger partial charge < -0.3 is 28.8 Å². The van der Waals surface area contributed by atoms with Crippen LogP contribution in [0.5, 0.6) is 0 Å². The van der Waals surface area contributed by atoms with Crippen LogP contribution in [0.2, 0.25) is 0 Å². The first-order chi connectivity index (χ1) is 16.0. The van der Waals surface area contributed by atoms with Gasteiger partial charge >= 0.3 is 0 Å². The number of quaternary nitrogens is 1. The summed E-state index contributed by atoms with van der Waals surface area (Å²) < 4.78 is 6.98. The van der Waals surface area contributed by atoms with Gasteiger partial charge in [0.2, 0.25) is 5.76 Å². The summed E-state index contributed by atoms with van der Waals surface area (Å²) in [6.45, 7) is 4.76. The number of piperidine rings is 2. The number of hydrogen-bond acceptors (Lipinski definition) is 6. The molecule has 9 heteroatoms. The molecule has 1 N–H and O–H groups in total. The molecule has 2 fully saturated rings. The van der Waals surface area contributed by atoms with E-state index in [4.69, 9.17) is 4.52 Å². The van der Waals surface area contributed by atoms with Gasteiger partial charge in [0.1, 0.15) is 0 Å². The fourth-order valence-electron chi connectivity index (χ4n) is 6.27. The molecule has 1 unspecified atom stereocenters. The van der Waals surface area contributed by atoms with Crippen molar-refractivity contribution < 1.29 is 24.1 Å². The molecule has 2 bridgehead atoms. The first kappa shape index (κ1) is 21.9. The van der Waals surface area contributed by atoms with E-state index in [2.05, 4.69) is 11.2 Å². The topological polar surface area (TPSA) is 113 Å². The van der Waals surface area contributed by atoms with E-state index in [-0.39, 0.29) is 35.5 Å². The quantitative estimate of drug-likeness (QED) is 0.608. The highest BCUT2D eigenvalue weighted by Crippen LogP contribution is 2.31. The number of nitrogens with one attached hydrogen (secondary N) is 1. The number of rotatable bonds is 6. The van der Waals surface area contributed by atoms with Crippen LogP contribution in [0.3, 0.4) is 0 Å². The molecule has 33 heavy (non-hydrogen) atoms. The smallest absolute Gasteiger partial charge is 0.292 e. The van der Waals surface area contributed by atoms with E-state index in [0.29, 0.717) is 31.3 Å². The summed E-state index contributed by atoms with van der Waals surface area (Å²) in [5, 5.41) is 15.0. The van der Waals surface area contributed by atoms with Gasteiger partial charge in [-0.2, -0.15) is 0 Å². The van der Waals surface area contributed by atoms with E-state index >= 15 is 0 Å². The summed E-state index contributed by atoms with van der Waals surface area (Å²) in [5.74, 6) is -0.00859. The van der Waals surface area contributed by atoms with Crippen LogP contribution in [0.4, 0.5) is 0 Å². The van der Waals surface area contributed by atoms with Gasteiger partial charge in [-0.25, -0.2) is 0 Å². The second-order valence-corrected chi connectivity index (χ2v) is 9.91. The summed E-state index contributed by atoms with van der Waals surface area (Å²) in [6, 6.07) is 7.14. The zero-order chi connectivity index (χ0) is 22.9. The Morgan fingerprint density at radius 1 is 1.18 bits per heavy atom. The SMILES string of the molecule is O=C([O-])C[C@@H]1CCN(C(=O)c2ccno2)C[C@@H]1CC[NH+]1C[C@@H]2C[C@H](C1)c1cccc(=O)n1C2. The van der Waals surface area contributed by atoms with Crippen molar-refractivity contribution in [3.05, 3.63) is 52.3 Å². The maximum atomic E-state index is 12.7. The molecule has 9 nitrogen and oxygen atoms in total. The number of aromatic nitrogens is 2. The minimum absolute atomic E-state index is 0.0109. The molecule has 3 aliphatic heterocycles. The van der Waals surface area contributed by atoms with Crippen molar-refractivity contribution in [2.45, 2.75) is 38.1 Å². The third-order valence-electron chi connectivity index (χ3n) is 7.80. The van der Waals surface area contributed by atoms with Crippen LogP contribution in [-0.2, 0) is 11.3 Å². The zero-order valence-corrected chi connectivity index (χ0v) is 18.7. The number of fused-ring (bicyclic) bond motifs is 4. The fraction of sp³-hybridized carbons (Fsp3) is 0.583. The molecule has 5 heterocycles. The fourth-order valence-corrected chi connectivity index (χ4v) is 6.27. The minimum Gasteiger partial charge on any atom is -0.550 e. The Morgan fingerprint density at radius 2 is 2.06 bits per heavy atom. The van der Waals surface area contributed by atoms with E-state index in [0.717, 1.165) is 44.7 Å². The Balaban J connectivity index is 1.25. The Bertz CT molecular complexity index is 1070. The van der Waals surface area contributed by atoms with Crippen LogP contribution >= 0.6 is 0 Å². The largest absolute Gasteiger partial charge is 0.550 e. The van der Waals surface area contributed by atoms with Crippen LogP contribution in [0, 0.1) is 17.8 Å². The second kappa shape index (κ2) is 9.13. The number of carboxylic acids is 1. The van der Waals surface area contributed by atoms with Crippen LogP contribution in [0.1, 0.15) is 47.8 Å². The summed E-state index contributed by atoms with van der Waals surface area (Å²) in [6.07, 6.45) is 4.12. The van der Waals surface area contributed by atoms with E-state index in [1.54, 1.807) is 17.0 Å². The zero-order valence-electron chi connectivity index (χ0n) is 18.7. The maximum Gasteiger partial charge on any atom is 0.292 e. The predicted octanol–water partition coefficient (Wildman–Crippen LogP) is -0.853. The van der Waals surface area contributed by atoms with E-state index in [1.165, 1.54) is 11.1 Å². The lowest BCUT2D eigenvalue weighted by molar-refractivity contribution is -0.911. The normalized spacial score (nSPS) is 28.8. The number of amides is 1. The van der Waals surface area contributed by atoms with Crippen molar-refractivity contribution in [3.63, 3.8) is 0 Å². The van der Waals surface area contributed by atoms with E-state index in [1.807, 2.05) is 10.6 Å². The average Bonchev–Trinajstić information content (AvgIpc) is 3.33. The number of carbonyl (C=O) groups is 2. The number of carboxylic acid groups (broad SMARTS) is 1. The van der Waals surface area contributed by atoms with Crippen LogP contribution in [0.15, 0.2) is 39.8 Å². The molecular formula is C24H30N4O5. The van der Waals surface area contributed by atoms with Crippen molar-refractivity contribution in [1.29, 1.82) is 0 Å². The van der Waals surface area contributed by atoms with E-state index in [9.17, 15) is 19.5 Å². The molecular weight excluding hydrogens is 424 g/mol. The predicted molar refractivity (Wildman–Crippen MR) is 115 cm³/mol. The third-order valence-corrected chi connectivity index (χ3v) is 7.80. The molecule has 2 aromatic heterocycles. The molecule has 2 saturated heterocycles. The molecule has 3 aliphatic rings. The number of pyridine rings is 1. The Labute approximate surface area is 192 Å². The van der Waals surface area contributed by atoms with Crippen molar-refractivity contribution in [2.24, 2.45) is 17.8 Å². The molecule has 0 aliphatic carbocycles. The molecule has 0 spiro atoms. The lowest BCUT2D eigenvalue weighted by atomic mass is 9.80. The maximum absolute atomic E-state index is 12.7. The van der Waals surface area contributed by atoms with Crippen LogP contribution < -0.4 is 15.6 Å². The lowest BCUT2D eigenvalue weighted by Gasteiger charge is -2.42. The lowest BCUT2D eigenvalue weighted by Crippen LogP contribution is -3.14. The van der Waals surface area contributed by atoms with E-state index < -0.39 is 5.97 Å². The summed E-state index contributed by atoms with van der Waals surface area (Å²) in [5.41, 5.74) is 1.24. The molecule has 2 aromatic rings. The highest BCUT2D eigenvalue weighted by Gasteiger charge is 2.38. The number of carbonyl (C=O) groups excluding carboxylic acids is 2. The molecule has 5 atom stereocenters. The molecule has 0 aromatic carbocycles. The number of hydrogen-bond donors (Lipinski definition) is 1. The summed E-state index contributed by atoms with van der Waals surface area (Å²) >= 11 is 0. The van der Waals surface area contributed by atoms with Gasteiger partial charge in [0.25, 0.3) is 11.5 Å². The highest BCUT2D eigenvalue weighted by molar-refractivity contribution is 5.91. The van der Waals surface area contributed by atoms with Gasteiger partial charge in [0.15, 0.2) is 0 Å². The first-order valence-corrected chi connectivity index (χ1v) is 11.9. The molecule has 176 valence electrons. The Morgan fingerprint density at radius 3 is 2.85 bits per heavy atom. The van der Waals surface area contributed by atoms with Gasteiger partial charge in [0, 0.05) is 61.7 Å². The van der Waals surface area contributed by atoms with Gasteiger partial charge in [-0.1, -0.05) is 11.2 Å². The first-order valence-electron chi connectivity index (χ1n) is 11.9. The Hall–Kier alpha value is -2.94. The summed E-state index contributed by atoms with van der Waals surface area (Å²) in [4.78, 5) is 39.6. The van der Waals surface area contributed by atoms with Crippen LogP contribution in [-0.4, -0.2) is 59.2 Å². The molecule has 5 rings (SSSR count).